The molecule has 7 heteroatoms. The van der Waals surface area contributed by atoms with Gasteiger partial charge in [-0.1, -0.05) is 47.6 Å². The third-order valence-electron chi connectivity index (χ3n) is 7.67. The smallest absolute Gasteiger partial charge is 0.226 e. The van der Waals surface area contributed by atoms with Gasteiger partial charge in [0, 0.05) is 36.7 Å². The van der Waals surface area contributed by atoms with Crippen molar-refractivity contribution in [2.24, 2.45) is 28.6 Å². The summed E-state index contributed by atoms with van der Waals surface area (Å²) in [4.78, 5) is 33.1. The summed E-state index contributed by atoms with van der Waals surface area (Å²) < 4.78 is 0. The molecule has 1 aromatic heterocycles. The molecule has 0 unspecified atom stereocenters. The Morgan fingerprint density at radius 3 is 2.70 bits per heavy atom. The molecule has 6 atom stereocenters. The summed E-state index contributed by atoms with van der Waals surface area (Å²) in [5, 5.41) is 15.2. The standard InChI is InChI=1S/C26H41N3O3S/c1-9-12-29(8)23(32)15(2)17-10-11-26(7)13-18-21(16(3)20(26)22(17)31)28-24(33-18)27-19(30)14-25(4,5)6/h9,15-17,20,22,31H,1,10-14H2,2-8H3,(H,27,28,30)/t15-,16-,17-,20+,22-,26-/m0/s1. The number of carbonyl (C=O) groups excluding carboxylic acids is 2. The van der Waals surface area contributed by atoms with Crippen LogP contribution in [0.15, 0.2) is 12.7 Å². The molecule has 3 rings (SSSR count). The highest BCUT2D eigenvalue weighted by atomic mass is 32.1. The first kappa shape index (κ1) is 25.9. The molecule has 2 aliphatic rings. The Hall–Kier alpha value is -1.73. The van der Waals surface area contributed by atoms with Gasteiger partial charge in [-0.2, -0.15) is 0 Å². The number of fused-ring (bicyclic) bond motifs is 2. The Labute approximate surface area is 202 Å². The number of hydrogen-bond acceptors (Lipinski definition) is 5. The summed E-state index contributed by atoms with van der Waals surface area (Å²) in [7, 11) is 1.79. The predicted octanol–water partition coefficient (Wildman–Crippen LogP) is 4.85. The topological polar surface area (TPSA) is 82.5 Å². The summed E-state index contributed by atoms with van der Waals surface area (Å²) >= 11 is 1.58. The van der Waals surface area contributed by atoms with E-state index in [1.807, 2.05) is 27.7 Å². The minimum Gasteiger partial charge on any atom is -0.392 e. The number of rotatable bonds is 6. The molecule has 33 heavy (non-hydrogen) atoms. The number of amides is 2. The van der Waals surface area contributed by atoms with Gasteiger partial charge < -0.3 is 15.3 Å². The molecule has 1 fully saturated rings. The molecule has 2 amide bonds. The van der Waals surface area contributed by atoms with Gasteiger partial charge in [-0.25, -0.2) is 4.98 Å². The molecular formula is C26H41N3O3S. The largest absolute Gasteiger partial charge is 0.392 e. The lowest BCUT2D eigenvalue weighted by Gasteiger charge is -2.53. The van der Waals surface area contributed by atoms with Crippen molar-refractivity contribution >= 4 is 28.3 Å². The SMILES string of the molecule is C=CCN(C)C(=O)[C@@H](C)[C@@H]1CC[C@@]2(C)Cc3sc(NC(=O)CC(C)(C)C)nc3[C@@H](C)[C@@H]2[C@H]1O. The lowest BCUT2D eigenvalue weighted by molar-refractivity contribution is -0.143. The molecule has 1 aromatic rings. The third kappa shape index (κ3) is 5.35. The van der Waals surface area contributed by atoms with E-state index < -0.39 is 6.10 Å². The maximum atomic E-state index is 12.9. The Morgan fingerprint density at radius 1 is 1.42 bits per heavy atom. The number of anilines is 1. The van der Waals surface area contributed by atoms with Crippen molar-refractivity contribution < 1.29 is 14.7 Å². The molecule has 0 aromatic carbocycles. The van der Waals surface area contributed by atoms with E-state index in [1.54, 1.807) is 29.4 Å². The van der Waals surface area contributed by atoms with Crippen molar-refractivity contribution in [3.8, 4) is 0 Å². The number of thiazole rings is 1. The molecule has 0 saturated heterocycles. The van der Waals surface area contributed by atoms with Gasteiger partial charge in [-0.05, 0) is 41.9 Å². The Balaban J connectivity index is 1.80. The monoisotopic (exact) mass is 475 g/mol. The van der Waals surface area contributed by atoms with Crippen LogP contribution in [0.1, 0.15) is 77.3 Å². The minimum absolute atomic E-state index is 0.0130. The van der Waals surface area contributed by atoms with E-state index in [0.29, 0.717) is 18.1 Å². The van der Waals surface area contributed by atoms with Crippen LogP contribution in [0.2, 0.25) is 0 Å². The number of aliphatic hydroxyl groups excluding tert-OH is 1. The quantitative estimate of drug-likeness (QED) is 0.576. The van der Waals surface area contributed by atoms with Gasteiger partial charge in [0.1, 0.15) is 0 Å². The second-order valence-corrected chi connectivity index (χ2v) is 12.8. The Bertz CT molecular complexity index is 905. The van der Waals surface area contributed by atoms with Crippen LogP contribution < -0.4 is 5.32 Å². The average Bonchev–Trinajstić information content (AvgIpc) is 3.07. The molecule has 0 aliphatic heterocycles. The minimum atomic E-state index is -0.566. The highest BCUT2D eigenvalue weighted by molar-refractivity contribution is 7.15. The van der Waals surface area contributed by atoms with Gasteiger partial charge in [-0.15, -0.1) is 17.9 Å². The van der Waals surface area contributed by atoms with Crippen molar-refractivity contribution in [1.82, 2.24) is 9.88 Å². The zero-order chi connectivity index (χ0) is 24.7. The van der Waals surface area contributed by atoms with Gasteiger partial charge in [0.05, 0.1) is 11.8 Å². The zero-order valence-corrected chi connectivity index (χ0v) is 22.1. The third-order valence-corrected chi connectivity index (χ3v) is 8.66. The van der Waals surface area contributed by atoms with E-state index in [9.17, 15) is 14.7 Å². The van der Waals surface area contributed by atoms with Crippen molar-refractivity contribution in [3.05, 3.63) is 23.2 Å². The molecule has 2 N–H and O–H groups in total. The van der Waals surface area contributed by atoms with E-state index in [-0.39, 0.29) is 46.3 Å². The zero-order valence-electron chi connectivity index (χ0n) is 21.3. The van der Waals surface area contributed by atoms with E-state index in [4.69, 9.17) is 4.98 Å². The molecule has 2 aliphatic carbocycles. The van der Waals surface area contributed by atoms with Gasteiger partial charge in [0.2, 0.25) is 11.8 Å². The van der Waals surface area contributed by atoms with E-state index in [0.717, 1.165) is 25.0 Å². The fraction of sp³-hybridized carbons (Fsp3) is 0.731. The fourth-order valence-electron chi connectivity index (χ4n) is 6.06. The first-order valence-electron chi connectivity index (χ1n) is 12.1. The highest BCUT2D eigenvalue weighted by Crippen LogP contribution is 2.57. The molecular weight excluding hydrogens is 434 g/mol. The van der Waals surface area contributed by atoms with Crippen LogP contribution in [0.3, 0.4) is 0 Å². The first-order valence-corrected chi connectivity index (χ1v) is 12.9. The van der Waals surface area contributed by atoms with Crippen molar-refractivity contribution in [1.29, 1.82) is 0 Å². The molecule has 0 radical (unpaired) electrons. The van der Waals surface area contributed by atoms with E-state index >= 15 is 0 Å². The lowest BCUT2D eigenvalue weighted by Crippen LogP contribution is -2.53. The summed E-state index contributed by atoms with van der Waals surface area (Å²) in [5.74, 6) is -0.175. The van der Waals surface area contributed by atoms with Crippen LogP contribution in [0.25, 0.3) is 0 Å². The second kappa shape index (κ2) is 9.49. The number of hydrogen-bond donors (Lipinski definition) is 2. The van der Waals surface area contributed by atoms with Crippen LogP contribution in [0.4, 0.5) is 5.13 Å². The van der Waals surface area contributed by atoms with Crippen LogP contribution in [-0.2, 0) is 16.0 Å². The normalized spacial score (nSPS) is 30.1. The second-order valence-electron chi connectivity index (χ2n) is 11.7. The van der Waals surface area contributed by atoms with Crippen LogP contribution in [0.5, 0.6) is 0 Å². The maximum absolute atomic E-state index is 12.9. The van der Waals surface area contributed by atoms with Gasteiger partial charge in [-0.3, -0.25) is 9.59 Å². The van der Waals surface area contributed by atoms with Crippen LogP contribution in [0, 0.1) is 28.6 Å². The summed E-state index contributed by atoms with van der Waals surface area (Å²) in [6, 6.07) is 0. The van der Waals surface area contributed by atoms with Crippen molar-refractivity contribution in [2.45, 2.75) is 79.2 Å². The molecule has 6 nitrogen and oxygen atoms in total. The molecule has 0 bridgehead atoms. The van der Waals surface area contributed by atoms with Crippen LogP contribution in [-0.4, -0.2) is 46.5 Å². The number of aromatic nitrogens is 1. The summed E-state index contributed by atoms with van der Waals surface area (Å²) in [6.07, 6.45) is 4.26. The average molecular weight is 476 g/mol. The number of aliphatic hydroxyl groups is 1. The molecule has 184 valence electrons. The molecule has 0 spiro atoms. The fourth-order valence-corrected chi connectivity index (χ4v) is 7.34. The summed E-state index contributed by atoms with van der Waals surface area (Å²) in [5.41, 5.74) is 0.872. The number of carbonyl (C=O) groups is 2. The van der Waals surface area contributed by atoms with E-state index in [1.165, 1.54) is 4.88 Å². The number of likely N-dealkylation sites (N-methyl/N-ethyl adjacent to an activating group) is 1. The van der Waals surface area contributed by atoms with Gasteiger partial charge in [0.25, 0.3) is 0 Å². The Kier molecular flexibility index (Phi) is 7.45. The highest BCUT2D eigenvalue weighted by Gasteiger charge is 2.54. The van der Waals surface area contributed by atoms with Crippen molar-refractivity contribution in [2.75, 3.05) is 18.9 Å². The van der Waals surface area contributed by atoms with Gasteiger partial charge in [0.15, 0.2) is 5.13 Å². The van der Waals surface area contributed by atoms with E-state index in [2.05, 4.69) is 25.7 Å². The van der Waals surface area contributed by atoms with Gasteiger partial charge >= 0.3 is 0 Å². The first-order chi connectivity index (χ1) is 15.3. The number of nitrogens with zero attached hydrogens (tertiary/aromatic N) is 2. The number of nitrogens with one attached hydrogen (secondary N) is 1. The summed E-state index contributed by atoms with van der Waals surface area (Å²) in [6.45, 7) is 16.7. The predicted molar refractivity (Wildman–Crippen MR) is 134 cm³/mol. The van der Waals surface area contributed by atoms with Crippen LogP contribution >= 0.6 is 11.3 Å². The molecule has 1 heterocycles. The Morgan fingerprint density at radius 2 is 2.09 bits per heavy atom. The lowest BCUT2D eigenvalue weighted by atomic mass is 9.53. The van der Waals surface area contributed by atoms with Crippen molar-refractivity contribution in [3.63, 3.8) is 0 Å². The maximum Gasteiger partial charge on any atom is 0.226 e. The molecule has 1 saturated carbocycles.